The highest BCUT2D eigenvalue weighted by molar-refractivity contribution is 6.61. The van der Waals surface area contributed by atoms with Crippen LogP contribution in [0.1, 0.15) is 40.5 Å². The molecule has 1 unspecified atom stereocenters. The lowest BCUT2D eigenvalue weighted by molar-refractivity contribution is -0.141. The first-order chi connectivity index (χ1) is 17.6. The molecular formula is C23H49NO11Si2. The Morgan fingerprint density at radius 1 is 0.892 bits per heavy atom. The maximum absolute atomic E-state index is 10.9. The van der Waals surface area contributed by atoms with Gasteiger partial charge in [-0.25, -0.2) is 4.79 Å². The third-order valence-corrected chi connectivity index (χ3v) is 10.7. The SMILES string of the molecule is C=CC(=O)OCC(O)CNCCC[Si](OCC)(OCC)OCC.CO[Si](CCCOC(C)=O)(OC)OC. The number of hydrogen-bond donors (Lipinski definition) is 2. The number of carbonyl (C=O) groups is 2. The van der Waals surface area contributed by atoms with E-state index in [0.717, 1.165) is 18.5 Å². The molecule has 0 aliphatic carbocycles. The summed E-state index contributed by atoms with van der Waals surface area (Å²) in [6, 6.07) is 1.36. The molecule has 1 atom stereocenters. The summed E-state index contributed by atoms with van der Waals surface area (Å²) in [5.74, 6) is -0.811. The molecule has 0 aliphatic heterocycles. The van der Waals surface area contributed by atoms with Crippen LogP contribution in [0.25, 0.3) is 0 Å². The normalized spacial score (nSPS) is 12.3. The fourth-order valence-corrected chi connectivity index (χ4v) is 7.36. The Balaban J connectivity index is 0. The standard InChI is InChI=1S/C15H31NO6Si.C8H18O5Si/c1-5-15(18)19-13-14(17)12-16-10-9-11-23(20-6-2,21-7-3)22-8-4;1-8(9)13-6-5-7-14(10-2,11-3)12-4/h5,14,16-17H,1,6-13H2,2-4H3;5-7H2,1-4H3. The summed E-state index contributed by atoms with van der Waals surface area (Å²) in [4.78, 5) is 21.4. The Labute approximate surface area is 224 Å². The molecule has 0 radical (unpaired) electrons. The predicted octanol–water partition coefficient (Wildman–Crippen LogP) is 1.92. The Morgan fingerprint density at radius 2 is 1.41 bits per heavy atom. The quantitative estimate of drug-likeness (QED) is 0.0849. The highest BCUT2D eigenvalue weighted by atomic mass is 28.4. The number of esters is 2. The zero-order valence-corrected chi connectivity index (χ0v) is 25.7. The van der Waals surface area contributed by atoms with Crippen LogP contribution >= 0.6 is 0 Å². The Bertz CT molecular complexity index is 570. The van der Waals surface area contributed by atoms with Gasteiger partial charge in [0, 0.05) is 72.8 Å². The van der Waals surface area contributed by atoms with Gasteiger partial charge < -0.3 is 46.5 Å². The average molecular weight is 572 g/mol. The van der Waals surface area contributed by atoms with Crippen LogP contribution < -0.4 is 5.32 Å². The van der Waals surface area contributed by atoms with Crippen LogP contribution in [0.4, 0.5) is 0 Å². The van der Waals surface area contributed by atoms with Crippen molar-refractivity contribution in [2.24, 2.45) is 0 Å². The van der Waals surface area contributed by atoms with E-state index in [1.807, 2.05) is 20.8 Å². The lowest BCUT2D eigenvalue weighted by Crippen LogP contribution is -2.46. The maximum atomic E-state index is 10.9. The van der Waals surface area contributed by atoms with Gasteiger partial charge in [-0.1, -0.05) is 6.58 Å². The van der Waals surface area contributed by atoms with E-state index in [9.17, 15) is 14.7 Å². The van der Waals surface area contributed by atoms with Crippen LogP contribution in [-0.2, 0) is 45.6 Å². The van der Waals surface area contributed by atoms with Gasteiger partial charge in [-0.3, -0.25) is 4.79 Å². The Kier molecular flexibility index (Phi) is 24.5. The van der Waals surface area contributed by atoms with Crippen LogP contribution in [0.5, 0.6) is 0 Å². The molecule has 14 heteroatoms. The number of ether oxygens (including phenoxy) is 2. The van der Waals surface area contributed by atoms with Crippen molar-refractivity contribution in [2.45, 2.75) is 58.7 Å². The van der Waals surface area contributed by atoms with Crippen molar-refractivity contribution in [1.82, 2.24) is 5.32 Å². The second-order valence-electron chi connectivity index (χ2n) is 7.52. The van der Waals surface area contributed by atoms with Gasteiger partial charge in [-0.05, 0) is 40.2 Å². The molecule has 0 aromatic heterocycles. The lowest BCUT2D eigenvalue weighted by atomic mass is 10.3. The van der Waals surface area contributed by atoms with Gasteiger partial charge in [0.2, 0.25) is 0 Å². The van der Waals surface area contributed by atoms with Gasteiger partial charge in [0.25, 0.3) is 0 Å². The minimum Gasteiger partial charge on any atom is -0.466 e. The average Bonchev–Trinajstić information content (AvgIpc) is 2.88. The van der Waals surface area contributed by atoms with Gasteiger partial charge >= 0.3 is 29.5 Å². The third kappa shape index (κ3) is 19.5. The van der Waals surface area contributed by atoms with Crippen molar-refractivity contribution in [1.29, 1.82) is 0 Å². The molecule has 37 heavy (non-hydrogen) atoms. The van der Waals surface area contributed by atoms with E-state index in [0.29, 0.717) is 52.0 Å². The molecule has 0 heterocycles. The number of aliphatic hydroxyl groups is 1. The topological polar surface area (TPSA) is 140 Å². The summed E-state index contributed by atoms with van der Waals surface area (Å²) >= 11 is 0. The molecular weight excluding hydrogens is 522 g/mol. The van der Waals surface area contributed by atoms with E-state index in [1.54, 1.807) is 21.3 Å². The fraction of sp³-hybridized carbons (Fsp3) is 0.826. The molecule has 0 saturated carbocycles. The van der Waals surface area contributed by atoms with Crippen LogP contribution in [-0.4, -0.2) is 108 Å². The van der Waals surface area contributed by atoms with E-state index in [1.165, 1.54) is 6.92 Å². The van der Waals surface area contributed by atoms with Crippen molar-refractivity contribution in [3.05, 3.63) is 12.7 Å². The lowest BCUT2D eigenvalue weighted by Gasteiger charge is -2.28. The monoisotopic (exact) mass is 571 g/mol. The summed E-state index contributed by atoms with van der Waals surface area (Å²) in [5.41, 5.74) is 0. The molecule has 0 saturated heterocycles. The second kappa shape index (κ2) is 23.9. The van der Waals surface area contributed by atoms with Gasteiger partial charge in [-0.15, -0.1) is 0 Å². The molecule has 0 fully saturated rings. The summed E-state index contributed by atoms with van der Waals surface area (Å²) in [7, 11) is -0.390. The van der Waals surface area contributed by atoms with E-state index < -0.39 is 29.7 Å². The van der Waals surface area contributed by atoms with Crippen molar-refractivity contribution >= 4 is 29.5 Å². The predicted molar refractivity (Wildman–Crippen MR) is 143 cm³/mol. The molecule has 0 spiro atoms. The molecule has 0 rings (SSSR count). The van der Waals surface area contributed by atoms with Crippen LogP contribution in [0.15, 0.2) is 12.7 Å². The van der Waals surface area contributed by atoms with E-state index in [4.69, 9.17) is 36.0 Å². The fourth-order valence-electron chi connectivity index (χ4n) is 3.06. The molecule has 0 amide bonds. The highest BCUT2D eigenvalue weighted by Gasteiger charge is 2.39. The van der Waals surface area contributed by atoms with Crippen LogP contribution in [0.3, 0.4) is 0 Å². The summed E-state index contributed by atoms with van der Waals surface area (Å²) in [6.45, 7) is 13.5. The van der Waals surface area contributed by atoms with E-state index in [2.05, 4.69) is 11.9 Å². The summed E-state index contributed by atoms with van der Waals surface area (Å²) in [5, 5.41) is 12.8. The molecule has 0 aromatic carbocycles. The first-order valence-corrected chi connectivity index (χ1v) is 16.4. The zero-order valence-electron chi connectivity index (χ0n) is 23.7. The number of rotatable bonds is 22. The molecule has 2 N–H and O–H groups in total. The van der Waals surface area contributed by atoms with Gasteiger partial charge in [0.15, 0.2) is 0 Å². The Hall–Kier alpha value is -1.21. The van der Waals surface area contributed by atoms with Crippen LogP contribution in [0, 0.1) is 0 Å². The summed E-state index contributed by atoms with van der Waals surface area (Å²) < 4.78 is 42.4. The van der Waals surface area contributed by atoms with E-state index >= 15 is 0 Å². The number of nitrogens with one attached hydrogen (secondary N) is 1. The Morgan fingerprint density at radius 3 is 1.84 bits per heavy atom. The molecule has 0 aliphatic rings. The minimum absolute atomic E-state index is 0.0482. The van der Waals surface area contributed by atoms with E-state index in [-0.39, 0.29) is 12.6 Å². The molecule has 220 valence electrons. The molecule has 0 bridgehead atoms. The molecule has 12 nitrogen and oxygen atoms in total. The first kappa shape index (κ1) is 37.9. The number of hydrogen-bond acceptors (Lipinski definition) is 12. The van der Waals surface area contributed by atoms with Crippen molar-refractivity contribution < 1.29 is 50.7 Å². The second-order valence-corrected chi connectivity index (χ2v) is 13.3. The van der Waals surface area contributed by atoms with Gasteiger partial charge in [0.1, 0.15) is 12.7 Å². The molecule has 0 aromatic rings. The highest BCUT2D eigenvalue weighted by Crippen LogP contribution is 2.18. The third-order valence-electron chi connectivity index (χ3n) is 4.76. The zero-order chi connectivity index (χ0) is 28.6. The van der Waals surface area contributed by atoms with Crippen molar-refractivity contribution in [2.75, 3.05) is 67.5 Å². The summed E-state index contributed by atoms with van der Waals surface area (Å²) in [6.07, 6.45) is 1.82. The maximum Gasteiger partial charge on any atom is 0.500 e. The van der Waals surface area contributed by atoms with Gasteiger partial charge in [-0.2, -0.15) is 0 Å². The number of aliphatic hydroxyl groups excluding tert-OH is 1. The van der Waals surface area contributed by atoms with Crippen LogP contribution in [0.2, 0.25) is 12.1 Å². The first-order valence-electron chi connectivity index (χ1n) is 12.5. The minimum atomic E-state index is -2.59. The largest absolute Gasteiger partial charge is 0.500 e. The smallest absolute Gasteiger partial charge is 0.466 e. The van der Waals surface area contributed by atoms with Gasteiger partial charge in [0.05, 0.1) is 6.61 Å². The van der Waals surface area contributed by atoms with Crippen molar-refractivity contribution in [3.63, 3.8) is 0 Å². The van der Waals surface area contributed by atoms with Crippen molar-refractivity contribution in [3.8, 4) is 0 Å². The number of carbonyl (C=O) groups excluding carboxylic acids is 2.